The van der Waals surface area contributed by atoms with Gasteiger partial charge in [-0.3, -0.25) is 9.78 Å². The topological polar surface area (TPSA) is 74.6 Å². The third-order valence-corrected chi connectivity index (χ3v) is 4.52. The Morgan fingerprint density at radius 3 is 2.73 bits per heavy atom. The first-order valence-electron chi connectivity index (χ1n) is 7.96. The van der Waals surface area contributed by atoms with Crippen molar-refractivity contribution < 1.29 is 9.90 Å². The van der Waals surface area contributed by atoms with Gasteiger partial charge in [-0.2, -0.15) is 5.10 Å². The number of aromatic nitrogens is 1. The van der Waals surface area contributed by atoms with E-state index in [2.05, 4.69) is 66.1 Å². The molecule has 2 aromatic rings. The number of nitrogens with one attached hydrogen (secondary N) is 1. The predicted molar refractivity (Wildman–Crippen MR) is 109 cm³/mol. The van der Waals surface area contributed by atoms with Crippen molar-refractivity contribution >= 4 is 44.0 Å². The number of hydrogen-bond acceptors (Lipinski definition) is 4. The molecule has 0 atom stereocenters. The number of unbranched alkanes of at least 4 members (excludes halogenated alkanes) is 2. The van der Waals surface area contributed by atoms with Gasteiger partial charge < -0.3 is 5.11 Å². The zero-order valence-corrected chi connectivity index (χ0v) is 17.3. The molecule has 1 aromatic carbocycles. The van der Waals surface area contributed by atoms with E-state index in [-0.39, 0.29) is 11.7 Å². The molecule has 2 rings (SSSR count). The van der Waals surface area contributed by atoms with Crippen LogP contribution in [0.15, 0.2) is 44.6 Å². The third kappa shape index (κ3) is 5.97. The Labute approximate surface area is 169 Å². The van der Waals surface area contributed by atoms with E-state index in [1.165, 1.54) is 12.4 Å². The van der Waals surface area contributed by atoms with Gasteiger partial charge in [0.05, 0.1) is 20.7 Å². The van der Waals surface area contributed by atoms with E-state index in [9.17, 15) is 9.90 Å². The predicted octanol–water partition coefficient (Wildman–Crippen LogP) is 4.62. The van der Waals surface area contributed by atoms with Gasteiger partial charge in [0.25, 0.3) is 5.91 Å². The summed E-state index contributed by atoms with van der Waals surface area (Å²) in [5, 5.41) is 13.6. The van der Waals surface area contributed by atoms with Crippen LogP contribution < -0.4 is 5.43 Å². The molecule has 26 heavy (non-hydrogen) atoms. The van der Waals surface area contributed by atoms with Crippen LogP contribution in [0.2, 0.25) is 0 Å². The molecule has 0 aliphatic carbocycles. The van der Waals surface area contributed by atoms with E-state index in [1.807, 2.05) is 0 Å². The molecule has 1 aromatic heterocycles. The highest BCUT2D eigenvalue weighted by Gasteiger charge is 2.06. The number of amides is 1. The van der Waals surface area contributed by atoms with Gasteiger partial charge in [0.1, 0.15) is 5.75 Å². The van der Waals surface area contributed by atoms with E-state index in [4.69, 9.17) is 0 Å². The van der Waals surface area contributed by atoms with Crippen LogP contribution in [0.25, 0.3) is 0 Å². The Balaban J connectivity index is 2.02. The van der Waals surface area contributed by atoms with E-state index >= 15 is 0 Å². The number of halogens is 2. The number of carbonyl (C=O) groups excluding carboxylic acids is 1. The SMILES string of the molecule is CCCCC#Cc1cncc(C(=O)N/N=C/c2cc(Br)c(O)c(Br)c2)c1. The van der Waals surface area contributed by atoms with Crippen LogP contribution in [0.5, 0.6) is 5.75 Å². The van der Waals surface area contributed by atoms with Gasteiger partial charge in [0.2, 0.25) is 0 Å². The molecule has 2 N–H and O–H groups in total. The van der Waals surface area contributed by atoms with Crippen LogP contribution >= 0.6 is 31.9 Å². The second-order valence-corrected chi connectivity index (χ2v) is 7.11. The highest BCUT2D eigenvalue weighted by atomic mass is 79.9. The quantitative estimate of drug-likeness (QED) is 0.285. The summed E-state index contributed by atoms with van der Waals surface area (Å²) in [4.78, 5) is 16.2. The molecule has 7 heteroatoms. The van der Waals surface area contributed by atoms with Crippen LogP contribution in [0.4, 0.5) is 0 Å². The number of rotatable bonds is 5. The first-order valence-corrected chi connectivity index (χ1v) is 9.55. The summed E-state index contributed by atoms with van der Waals surface area (Å²) < 4.78 is 1.05. The molecule has 0 saturated heterocycles. The standard InChI is InChI=1S/C19H17Br2N3O2/c1-2-3-4-5-6-13-7-15(12-22-10-13)19(26)24-23-11-14-8-16(20)18(25)17(21)9-14/h7-12,25H,2-4H2,1H3,(H,24,26)/b23-11+. The largest absolute Gasteiger partial charge is 0.506 e. The summed E-state index contributed by atoms with van der Waals surface area (Å²) in [6.45, 7) is 2.12. The Morgan fingerprint density at radius 2 is 2.04 bits per heavy atom. The normalized spacial score (nSPS) is 10.4. The van der Waals surface area contributed by atoms with Gasteiger partial charge in [-0.25, -0.2) is 5.43 Å². The molecule has 1 amide bonds. The first-order chi connectivity index (χ1) is 12.5. The molecule has 0 bridgehead atoms. The maximum Gasteiger partial charge on any atom is 0.272 e. The summed E-state index contributed by atoms with van der Waals surface area (Å²) in [5.41, 5.74) is 4.24. The Kier molecular flexibility index (Phi) is 7.82. The van der Waals surface area contributed by atoms with Crippen molar-refractivity contribution in [1.29, 1.82) is 0 Å². The van der Waals surface area contributed by atoms with E-state index < -0.39 is 0 Å². The maximum atomic E-state index is 12.2. The van der Waals surface area contributed by atoms with Gasteiger partial charge in [-0.05, 0) is 62.0 Å². The minimum absolute atomic E-state index is 0.106. The molecule has 0 aliphatic rings. The summed E-state index contributed by atoms with van der Waals surface area (Å²) in [6, 6.07) is 5.05. The van der Waals surface area contributed by atoms with E-state index in [0.717, 1.165) is 19.3 Å². The third-order valence-electron chi connectivity index (χ3n) is 3.31. The van der Waals surface area contributed by atoms with E-state index in [1.54, 1.807) is 24.4 Å². The van der Waals surface area contributed by atoms with Gasteiger partial charge in [0, 0.05) is 24.4 Å². The molecule has 0 saturated carbocycles. The van der Waals surface area contributed by atoms with Crippen molar-refractivity contribution in [2.45, 2.75) is 26.2 Å². The van der Waals surface area contributed by atoms with Gasteiger partial charge in [-0.1, -0.05) is 25.2 Å². The van der Waals surface area contributed by atoms with Crippen LogP contribution in [0, 0.1) is 11.8 Å². The molecule has 0 fully saturated rings. The van der Waals surface area contributed by atoms with Gasteiger partial charge in [0.15, 0.2) is 0 Å². The van der Waals surface area contributed by atoms with Gasteiger partial charge >= 0.3 is 0 Å². The van der Waals surface area contributed by atoms with Gasteiger partial charge in [-0.15, -0.1) is 0 Å². The summed E-state index contributed by atoms with van der Waals surface area (Å²) in [6.07, 6.45) is 7.56. The minimum Gasteiger partial charge on any atom is -0.506 e. The molecule has 1 heterocycles. The number of phenolic OH excluding ortho intramolecular Hbond substituents is 1. The second kappa shape index (κ2) is 10.1. The number of pyridine rings is 1. The molecule has 0 radical (unpaired) electrons. The number of carbonyl (C=O) groups is 1. The summed E-state index contributed by atoms with van der Waals surface area (Å²) >= 11 is 6.49. The molecule has 5 nitrogen and oxygen atoms in total. The summed E-state index contributed by atoms with van der Waals surface area (Å²) in [7, 11) is 0. The lowest BCUT2D eigenvalue weighted by molar-refractivity contribution is 0.0954. The van der Waals surface area contributed by atoms with Crippen LogP contribution in [-0.4, -0.2) is 22.2 Å². The lowest BCUT2D eigenvalue weighted by Gasteiger charge is -2.02. The lowest BCUT2D eigenvalue weighted by Crippen LogP contribution is -2.18. The Hall–Kier alpha value is -2.17. The van der Waals surface area contributed by atoms with Crippen molar-refractivity contribution in [2.24, 2.45) is 5.10 Å². The number of aromatic hydroxyl groups is 1. The number of benzene rings is 1. The number of phenols is 1. The van der Waals surface area contributed by atoms with Crippen LogP contribution in [-0.2, 0) is 0 Å². The number of hydrogen-bond donors (Lipinski definition) is 2. The molecular formula is C19H17Br2N3O2. The van der Waals surface area contributed by atoms with Crippen molar-refractivity contribution in [3.63, 3.8) is 0 Å². The Bertz CT molecular complexity index is 863. The van der Waals surface area contributed by atoms with E-state index in [0.29, 0.717) is 25.6 Å². The molecule has 0 spiro atoms. The maximum absolute atomic E-state index is 12.2. The van der Waals surface area contributed by atoms with Crippen LogP contribution in [0.3, 0.4) is 0 Å². The monoisotopic (exact) mass is 477 g/mol. The van der Waals surface area contributed by atoms with Crippen molar-refractivity contribution in [3.8, 4) is 17.6 Å². The Morgan fingerprint density at radius 1 is 1.31 bits per heavy atom. The molecule has 134 valence electrons. The highest BCUT2D eigenvalue weighted by Crippen LogP contribution is 2.32. The smallest absolute Gasteiger partial charge is 0.272 e. The fourth-order valence-electron chi connectivity index (χ4n) is 1.95. The highest BCUT2D eigenvalue weighted by molar-refractivity contribution is 9.11. The number of hydrazone groups is 1. The summed E-state index contributed by atoms with van der Waals surface area (Å²) in [5.74, 6) is 5.81. The fourth-order valence-corrected chi connectivity index (χ4v) is 3.17. The average Bonchev–Trinajstić information content (AvgIpc) is 2.63. The molecule has 0 unspecified atom stereocenters. The minimum atomic E-state index is -0.372. The van der Waals surface area contributed by atoms with Crippen molar-refractivity contribution in [3.05, 3.63) is 56.2 Å². The van der Waals surface area contributed by atoms with Crippen LogP contribution in [0.1, 0.15) is 47.7 Å². The second-order valence-electron chi connectivity index (χ2n) is 5.40. The van der Waals surface area contributed by atoms with Crippen molar-refractivity contribution in [2.75, 3.05) is 0 Å². The van der Waals surface area contributed by atoms with Crippen molar-refractivity contribution in [1.82, 2.24) is 10.4 Å². The zero-order valence-electron chi connectivity index (χ0n) is 14.1. The lowest BCUT2D eigenvalue weighted by atomic mass is 10.2. The number of nitrogens with zero attached hydrogens (tertiary/aromatic N) is 2. The fraction of sp³-hybridized carbons (Fsp3) is 0.211. The molecular weight excluding hydrogens is 462 g/mol. The average molecular weight is 479 g/mol. The molecule has 0 aliphatic heterocycles. The first kappa shape index (κ1) is 20.1. The zero-order chi connectivity index (χ0) is 18.9.